The highest BCUT2D eigenvalue weighted by atomic mass is 16.6. The summed E-state index contributed by atoms with van der Waals surface area (Å²) >= 11 is 0. The highest BCUT2D eigenvalue weighted by molar-refractivity contribution is 5.84. The van der Waals surface area contributed by atoms with Crippen molar-refractivity contribution in [2.24, 2.45) is 11.8 Å². The van der Waals surface area contributed by atoms with E-state index in [0.29, 0.717) is 12.8 Å². The third-order valence-corrected chi connectivity index (χ3v) is 6.43. The molecule has 0 bridgehead atoms. The Morgan fingerprint density at radius 2 is 0.971 bits per heavy atom. The molecular weight excluding hydrogens is 452 g/mol. The number of carboxylic acid groups (broad SMARTS) is 2. The summed E-state index contributed by atoms with van der Waals surface area (Å²) in [5.41, 5.74) is 0. The highest BCUT2D eigenvalue weighted by Crippen LogP contribution is 2.22. The summed E-state index contributed by atoms with van der Waals surface area (Å²) in [7, 11) is 0. The zero-order valence-corrected chi connectivity index (χ0v) is 22.3. The van der Waals surface area contributed by atoms with E-state index in [9.17, 15) is 24.3 Å². The number of hydrogen-bond acceptors (Lipinski definition) is 6. The Morgan fingerprint density at radius 3 is 1.37 bits per heavy atom. The van der Waals surface area contributed by atoms with E-state index in [1.54, 1.807) is 0 Å². The molecule has 0 aromatic heterocycles. The summed E-state index contributed by atoms with van der Waals surface area (Å²) in [5.74, 6) is -6.01. The largest absolute Gasteiger partial charge is 0.481 e. The van der Waals surface area contributed by atoms with Crippen LogP contribution in [0.1, 0.15) is 124 Å². The summed E-state index contributed by atoms with van der Waals surface area (Å²) in [6, 6.07) is 0. The fourth-order valence-corrected chi connectivity index (χ4v) is 3.96. The molecule has 35 heavy (non-hydrogen) atoms. The molecule has 4 atom stereocenters. The van der Waals surface area contributed by atoms with Crippen LogP contribution >= 0.6 is 0 Å². The number of unbranched alkanes of at least 4 members (excludes halogenated alkanes) is 13. The first-order chi connectivity index (χ1) is 16.6. The number of carboxylic acids is 2. The monoisotopic (exact) mass is 500 g/mol. The molecule has 0 aromatic rings. The van der Waals surface area contributed by atoms with Crippen molar-refractivity contribution in [3.05, 3.63) is 0 Å². The topological polar surface area (TPSA) is 127 Å². The molecule has 0 saturated carbocycles. The van der Waals surface area contributed by atoms with Crippen LogP contribution in [0.3, 0.4) is 0 Å². The molecule has 0 aliphatic carbocycles. The lowest BCUT2D eigenvalue weighted by Gasteiger charge is -2.21. The van der Waals surface area contributed by atoms with Crippen molar-refractivity contribution in [2.75, 3.05) is 0 Å². The van der Waals surface area contributed by atoms with E-state index in [4.69, 9.17) is 9.84 Å². The molecule has 204 valence electrons. The van der Waals surface area contributed by atoms with Crippen LogP contribution in [0, 0.1) is 11.8 Å². The van der Waals surface area contributed by atoms with Gasteiger partial charge < -0.3 is 19.7 Å². The lowest BCUT2D eigenvalue weighted by atomic mass is 9.88. The molecule has 0 radical (unpaired) electrons. The van der Waals surface area contributed by atoms with Gasteiger partial charge in [-0.15, -0.1) is 0 Å². The van der Waals surface area contributed by atoms with Gasteiger partial charge in [0.05, 0.1) is 11.8 Å². The SMILES string of the molecule is CCCCCCCCCCCCCCCCC(C(=O)O)C(C)C(=O)OC(C)C(=O)OC(C)C(=O)O. The Balaban J connectivity index is 4.09. The molecule has 4 unspecified atom stereocenters. The van der Waals surface area contributed by atoms with Crippen LogP contribution in [0.2, 0.25) is 0 Å². The van der Waals surface area contributed by atoms with E-state index >= 15 is 0 Å². The van der Waals surface area contributed by atoms with Gasteiger partial charge in [0.15, 0.2) is 12.2 Å². The first-order valence-electron chi connectivity index (χ1n) is 13.5. The number of carbonyl (C=O) groups is 4. The molecule has 0 aromatic carbocycles. The number of hydrogen-bond donors (Lipinski definition) is 2. The second kappa shape index (κ2) is 20.1. The first kappa shape index (κ1) is 32.9. The highest BCUT2D eigenvalue weighted by Gasteiger charge is 2.33. The quantitative estimate of drug-likeness (QED) is 0.134. The van der Waals surface area contributed by atoms with Crippen LogP contribution in [0.25, 0.3) is 0 Å². The fraction of sp³-hybridized carbons (Fsp3) is 0.852. The van der Waals surface area contributed by atoms with Gasteiger partial charge in [0.25, 0.3) is 0 Å². The van der Waals surface area contributed by atoms with Gasteiger partial charge in [0.1, 0.15) is 0 Å². The van der Waals surface area contributed by atoms with Gasteiger partial charge in [-0.3, -0.25) is 9.59 Å². The van der Waals surface area contributed by atoms with E-state index in [0.717, 1.165) is 19.3 Å². The predicted molar refractivity (Wildman–Crippen MR) is 134 cm³/mol. The maximum Gasteiger partial charge on any atom is 0.347 e. The molecule has 0 spiro atoms. The summed E-state index contributed by atoms with van der Waals surface area (Å²) in [5, 5.41) is 18.3. The second-order valence-electron chi connectivity index (χ2n) is 9.61. The average molecular weight is 501 g/mol. The molecule has 0 aliphatic heterocycles. The summed E-state index contributed by atoms with van der Waals surface area (Å²) in [6.45, 7) is 6.17. The van der Waals surface area contributed by atoms with Crippen molar-refractivity contribution in [3.63, 3.8) is 0 Å². The van der Waals surface area contributed by atoms with Crippen molar-refractivity contribution in [3.8, 4) is 0 Å². The Labute approximate surface area is 211 Å². The van der Waals surface area contributed by atoms with Gasteiger partial charge in [-0.1, -0.05) is 104 Å². The van der Waals surface area contributed by atoms with Gasteiger partial charge in [-0.2, -0.15) is 0 Å². The molecule has 0 fully saturated rings. The zero-order chi connectivity index (χ0) is 26.6. The van der Waals surface area contributed by atoms with Gasteiger partial charge in [0, 0.05) is 0 Å². The van der Waals surface area contributed by atoms with Gasteiger partial charge >= 0.3 is 23.9 Å². The second-order valence-corrected chi connectivity index (χ2v) is 9.61. The Bertz CT molecular complexity index is 618. The van der Waals surface area contributed by atoms with Crippen LogP contribution < -0.4 is 0 Å². The van der Waals surface area contributed by atoms with Gasteiger partial charge in [-0.25, -0.2) is 9.59 Å². The number of carbonyl (C=O) groups excluding carboxylic acids is 2. The minimum absolute atomic E-state index is 0.360. The molecule has 8 nitrogen and oxygen atoms in total. The van der Waals surface area contributed by atoms with Crippen molar-refractivity contribution >= 4 is 23.9 Å². The first-order valence-corrected chi connectivity index (χ1v) is 13.5. The average Bonchev–Trinajstić information content (AvgIpc) is 2.80. The molecule has 0 heterocycles. The number of esters is 2. The number of aliphatic carboxylic acids is 2. The van der Waals surface area contributed by atoms with Crippen LogP contribution in [0.15, 0.2) is 0 Å². The standard InChI is InChI=1S/C27H48O8/c1-5-6-7-8-9-10-11-12-13-14-15-16-17-18-19-23(25(30)31)20(2)26(32)35-22(4)27(33)34-21(3)24(28)29/h20-23H,5-19H2,1-4H3,(H,28,29)(H,30,31). The van der Waals surface area contributed by atoms with Crippen molar-refractivity contribution < 1.29 is 38.9 Å². The fourth-order valence-electron chi connectivity index (χ4n) is 3.96. The zero-order valence-electron chi connectivity index (χ0n) is 22.3. The third kappa shape index (κ3) is 16.2. The van der Waals surface area contributed by atoms with E-state index in [1.807, 2.05) is 0 Å². The molecule has 8 heteroatoms. The summed E-state index contributed by atoms with van der Waals surface area (Å²) < 4.78 is 9.73. The molecule has 0 rings (SSSR count). The molecule has 0 aliphatic rings. The lowest BCUT2D eigenvalue weighted by Crippen LogP contribution is -2.36. The Morgan fingerprint density at radius 1 is 0.571 bits per heavy atom. The van der Waals surface area contributed by atoms with E-state index in [-0.39, 0.29) is 0 Å². The van der Waals surface area contributed by atoms with Crippen molar-refractivity contribution in [2.45, 2.75) is 136 Å². The maximum atomic E-state index is 12.4. The molecule has 0 amide bonds. The van der Waals surface area contributed by atoms with Gasteiger partial charge in [0.2, 0.25) is 0 Å². The normalized spacial score (nSPS) is 14.5. The minimum atomic E-state index is -1.37. The number of rotatable bonds is 22. The lowest BCUT2D eigenvalue weighted by molar-refractivity contribution is -0.177. The van der Waals surface area contributed by atoms with Crippen molar-refractivity contribution in [1.29, 1.82) is 0 Å². The van der Waals surface area contributed by atoms with Crippen LogP contribution in [0.4, 0.5) is 0 Å². The predicted octanol–water partition coefficient (Wildman–Crippen LogP) is 6.14. The van der Waals surface area contributed by atoms with Crippen LogP contribution in [-0.4, -0.2) is 46.3 Å². The third-order valence-electron chi connectivity index (χ3n) is 6.43. The van der Waals surface area contributed by atoms with Gasteiger partial charge in [-0.05, 0) is 20.3 Å². The van der Waals surface area contributed by atoms with E-state index in [2.05, 4.69) is 11.7 Å². The Hall–Kier alpha value is -2.12. The smallest absolute Gasteiger partial charge is 0.347 e. The van der Waals surface area contributed by atoms with E-state index < -0.39 is 47.9 Å². The molecule has 0 saturated heterocycles. The van der Waals surface area contributed by atoms with Crippen molar-refractivity contribution in [1.82, 2.24) is 0 Å². The molecular formula is C27H48O8. The van der Waals surface area contributed by atoms with E-state index in [1.165, 1.54) is 85.0 Å². The Kier molecular flexibility index (Phi) is 18.9. The molecule has 2 N–H and O–H groups in total. The maximum absolute atomic E-state index is 12.4. The van der Waals surface area contributed by atoms with Crippen LogP contribution in [0.5, 0.6) is 0 Å². The van der Waals surface area contributed by atoms with Crippen LogP contribution in [-0.2, 0) is 28.7 Å². The summed E-state index contributed by atoms with van der Waals surface area (Å²) in [6.07, 6.45) is 14.6. The minimum Gasteiger partial charge on any atom is -0.481 e. The number of ether oxygens (including phenoxy) is 2. The summed E-state index contributed by atoms with van der Waals surface area (Å²) in [4.78, 5) is 46.7.